The van der Waals surface area contributed by atoms with Gasteiger partial charge >= 0.3 is 0 Å². The van der Waals surface area contributed by atoms with E-state index in [2.05, 4.69) is 17.1 Å². The second-order valence-corrected chi connectivity index (χ2v) is 7.54. The summed E-state index contributed by atoms with van der Waals surface area (Å²) in [5, 5.41) is 0.276. The topological polar surface area (TPSA) is 32.9 Å². The first kappa shape index (κ1) is 19.5. The van der Waals surface area contributed by atoms with E-state index in [1.54, 1.807) is 0 Å². The van der Waals surface area contributed by atoms with Crippen LogP contribution < -0.4 is 5.43 Å². The van der Waals surface area contributed by atoms with Crippen LogP contribution in [0.15, 0.2) is 52.3 Å². The maximum atomic E-state index is 13.9. The monoisotopic (exact) mass is 391 g/mol. The molecule has 0 saturated carbocycles. The van der Waals surface area contributed by atoms with Crippen LogP contribution in [0.3, 0.4) is 0 Å². The third-order valence-corrected chi connectivity index (χ3v) is 5.42. The third kappa shape index (κ3) is 4.95. The second kappa shape index (κ2) is 9.13. The molecule has 1 aromatic heterocycles. The van der Waals surface area contributed by atoms with E-state index in [9.17, 15) is 18.0 Å². The van der Waals surface area contributed by atoms with Crippen LogP contribution in [0, 0.1) is 17.5 Å². The minimum atomic E-state index is -1.57. The van der Waals surface area contributed by atoms with Gasteiger partial charge in [-0.15, -0.1) is 11.8 Å². The molecule has 0 amide bonds. The highest BCUT2D eigenvalue weighted by Crippen LogP contribution is 2.23. The normalized spacial score (nSPS) is 11.2. The van der Waals surface area contributed by atoms with Crippen molar-refractivity contribution in [1.29, 1.82) is 0 Å². The molecule has 2 aromatic carbocycles. The zero-order valence-electron chi connectivity index (χ0n) is 14.7. The number of hydrogen-bond acceptors (Lipinski definition) is 2. The van der Waals surface area contributed by atoms with Crippen LogP contribution in [-0.4, -0.2) is 10.7 Å². The number of unbranched alkanes of at least 4 members (excludes halogenated alkanes) is 3. The summed E-state index contributed by atoms with van der Waals surface area (Å²) in [7, 11) is 0. The quantitative estimate of drug-likeness (QED) is 0.297. The van der Waals surface area contributed by atoms with Crippen molar-refractivity contribution in [2.45, 2.75) is 37.1 Å². The highest BCUT2D eigenvalue weighted by Gasteiger charge is 2.16. The van der Waals surface area contributed by atoms with E-state index in [1.807, 2.05) is 18.2 Å². The average Bonchev–Trinajstić information content (AvgIpc) is 2.67. The molecule has 3 aromatic rings. The number of aromatic amines is 1. The van der Waals surface area contributed by atoms with Crippen LogP contribution in [0.25, 0.3) is 10.9 Å². The summed E-state index contributed by atoms with van der Waals surface area (Å²) in [6, 6.07) is 12.4. The van der Waals surface area contributed by atoms with Crippen molar-refractivity contribution in [2.75, 3.05) is 5.75 Å². The van der Waals surface area contributed by atoms with Gasteiger partial charge in [-0.1, -0.05) is 43.2 Å². The lowest BCUT2D eigenvalue weighted by atomic mass is 10.1. The van der Waals surface area contributed by atoms with Crippen molar-refractivity contribution < 1.29 is 13.2 Å². The van der Waals surface area contributed by atoms with Crippen molar-refractivity contribution in [1.82, 2.24) is 4.98 Å². The van der Waals surface area contributed by atoms with Crippen molar-refractivity contribution >= 4 is 22.7 Å². The van der Waals surface area contributed by atoms with Gasteiger partial charge in [-0.05, 0) is 36.6 Å². The van der Waals surface area contributed by atoms with Gasteiger partial charge in [0.15, 0.2) is 22.9 Å². The Kier molecular flexibility index (Phi) is 6.61. The van der Waals surface area contributed by atoms with Gasteiger partial charge in [0.05, 0.1) is 15.9 Å². The average molecular weight is 391 g/mol. The van der Waals surface area contributed by atoms with Crippen molar-refractivity contribution in [3.05, 3.63) is 75.7 Å². The molecule has 0 spiro atoms. The SMILES string of the molecule is O=c1cc(SCCCCCCc2ccccc2)[nH]c2c(F)c(F)c(F)cc12. The lowest BCUT2D eigenvalue weighted by Crippen LogP contribution is -2.06. The summed E-state index contributed by atoms with van der Waals surface area (Å²) >= 11 is 1.38. The molecule has 0 saturated heterocycles. The molecule has 0 aliphatic carbocycles. The summed E-state index contributed by atoms with van der Waals surface area (Å²) in [6.07, 6.45) is 5.32. The molecule has 142 valence electrons. The summed E-state index contributed by atoms with van der Waals surface area (Å²) in [6.45, 7) is 0. The predicted octanol–water partition coefficient (Wildman–Crippen LogP) is 5.84. The van der Waals surface area contributed by atoms with Gasteiger partial charge in [0.25, 0.3) is 0 Å². The third-order valence-electron chi connectivity index (χ3n) is 4.40. The fraction of sp³-hybridized carbons (Fsp3) is 0.286. The first-order chi connectivity index (χ1) is 13.1. The molecule has 2 nitrogen and oxygen atoms in total. The summed E-state index contributed by atoms with van der Waals surface area (Å²) in [5.41, 5.74) is 0.532. The highest BCUT2D eigenvalue weighted by atomic mass is 32.2. The molecule has 27 heavy (non-hydrogen) atoms. The first-order valence-electron chi connectivity index (χ1n) is 8.93. The molecule has 3 rings (SSSR count). The zero-order chi connectivity index (χ0) is 19.2. The Morgan fingerprint density at radius 3 is 2.41 bits per heavy atom. The van der Waals surface area contributed by atoms with Gasteiger partial charge in [0, 0.05) is 6.07 Å². The first-order valence-corrected chi connectivity index (χ1v) is 9.92. The second-order valence-electron chi connectivity index (χ2n) is 6.41. The van der Waals surface area contributed by atoms with Gasteiger partial charge in [-0.25, -0.2) is 13.2 Å². The van der Waals surface area contributed by atoms with E-state index in [4.69, 9.17) is 0 Å². The number of rotatable bonds is 8. The van der Waals surface area contributed by atoms with Crippen LogP contribution in [0.1, 0.15) is 31.2 Å². The van der Waals surface area contributed by atoms with E-state index in [0.29, 0.717) is 5.03 Å². The number of aromatic nitrogens is 1. The van der Waals surface area contributed by atoms with Gasteiger partial charge in [0.1, 0.15) is 0 Å². The fourth-order valence-corrected chi connectivity index (χ4v) is 3.89. The van der Waals surface area contributed by atoms with Crippen molar-refractivity contribution in [3.8, 4) is 0 Å². The maximum Gasteiger partial charge on any atom is 0.196 e. The molecular weight excluding hydrogens is 371 g/mol. The molecule has 6 heteroatoms. The number of benzene rings is 2. The van der Waals surface area contributed by atoms with Gasteiger partial charge < -0.3 is 4.98 Å². The van der Waals surface area contributed by atoms with Crippen molar-refractivity contribution in [2.24, 2.45) is 0 Å². The fourth-order valence-electron chi connectivity index (χ4n) is 2.96. The lowest BCUT2D eigenvalue weighted by Gasteiger charge is -2.06. The molecule has 0 atom stereocenters. The summed E-state index contributed by atoms with van der Waals surface area (Å²) in [4.78, 5) is 14.7. The Bertz CT molecular complexity index is 973. The molecular formula is C21H20F3NOS. The Hall–Kier alpha value is -2.21. The smallest absolute Gasteiger partial charge is 0.196 e. The van der Waals surface area contributed by atoms with E-state index < -0.39 is 22.9 Å². The van der Waals surface area contributed by atoms with Crippen molar-refractivity contribution in [3.63, 3.8) is 0 Å². The van der Waals surface area contributed by atoms with Crippen LogP contribution in [0.5, 0.6) is 0 Å². The molecule has 0 aliphatic heterocycles. The largest absolute Gasteiger partial charge is 0.347 e. The van der Waals surface area contributed by atoms with E-state index >= 15 is 0 Å². The minimum Gasteiger partial charge on any atom is -0.347 e. The molecule has 0 radical (unpaired) electrons. The lowest BCUT2D eigenvalue weighted by molar-refractivity contribution is 0.452. The van der Waals surface area contributed by atoms with Gasteiger partial charge in [-0.2, -0.15) is 0 Å². The zero-order valence-corrected chi connectivity index (χ0v) is 15.6. The molecule has 0 unspecified atom stereocenters. The molecule has 1 heterocycles. The number of aryl methyl sites for hydroxylation is 1. The number of thioether (sulfide) groups is 1. The number of nitrogens with one attached hydrogen (secondary N) is 1. The number of pyridine rings is 1. The highest BCUT2D eigenvalue weighted by molar-refractivity contribution is 7.99. The summed E-state index contributed by atoms with van der Waals surface area (Å²) < 4.78 is 40.6. The Labute approximate surface area is 159 Å². The Balaban J connectivity index is 1.50. The Morgan fingerprint density at radius 1 is 0.889 bits per heavy atom. The standard InChI is InChI=1S/C21H20F3NOS/c22-16-12-15-17(26)13-18(25-21(15)20(24)19(16)23)27-11-7-2-1-4-8-14-9-5-3-6-10-14/h3,5-6,9-10,12-13H,1-2,4,7-8,11H2,(H,25,26). The van der Waals surface area contributed by atoms with Crippen LogP contribution in [0.2, 0.25) is 0 Å². The van der Waals surface area contributed by atoms with Crippen LogP contribution in [-0.2, 0) is 6.42 Å². The molecule has 0 bridgehead atoms. The van der Waals surface area contributed by atoms with E-state index in [-0.39, 0.29) is 10.9 Å². The number of halogens is 3. The molecule has 0 aliphatic rings. The van der Waals surface area contributed by atoms with Gasteiger partial charge in [-0.3, -0.25) is 4.79 Å². The predicted molar refractivity (Wildman–Crippen MR) is 104 cm³/mol. The van der Waals surface area contributed by atoms with Crippen LogP contribution in [0.4, 0.5) is 13.2 Å². The number of H-pyrrole nitrogens is 1. The molecule has 0 fully saturated rings. The van der Waals surface area contributed by atoms with Gasteiger partial charge in [0.2, 0.25) is 0 Å². The van der Waals surface area contributed by atoms with Crippen LogP contribution >= 0.6 is 11.8 Å². The Morgan fingerprint density at radius 2 is 1.63 bits per heavy atom. The van der Waals surface area contributed by atoms with E-state index in [1.165, 1.54) is 23.4 Å². The number of fused-ring (bicyclic) bond motifs is 1. The van der Waals surface area contributed by atoms with E-state index in [0.717, 1.165) is 43.9 Å². The maximum absolute atomic E-state index is 13.9. The summed E-state index contributed by atoms with van der Waals surface area (Å²) in [5.74, 6) is -3.52. The minimum absolute atomic E-state index is 0.184. The number of hydrogen-bond donors (Lipinski definition) is 1. The molecule has 1 N–H and O–H groups in total.